The summed E-state index contributed by atoms with van der Waals surface area (Å²) in [6, 6.07) is 7.37. The lowest BCUT2D eigenvalue weighted by Gasteiger charge is -2.32. The number of hydrogen-bond donors (Lipinski definition) is 2. The van der Waals surface area contributed by atoms with Crippen LogP contribution in [0.1, 0.15) is 28.7 Å². The predicted octanol–water partition coefficient (Wildman–Crippen LogP) is -0.890. The zero-order valence-electron chi connectivity index (χ0n) is 19.7. The van der Waals surface area contributed by atoms with E-state index in [1.165, 1.54) is 15.8 Å². The van der Waals surface area contributed by atoms with E-state index >= 15 is 0 Å². The highest BCUT2D eigenvalue weighted by Crippen LogP contribution is 2.18. The SMILES string of the molecule is C/C(=N\NC(=O)c1nnn(-c2nonc2N)c1CN1CCN(C)CC1)c1cccc(-n2ncnn2)c1. The molecule has 1 aliphatic rings. The average Bonchev–Trinajstić information content (AvgIpc) is 3.65. The van der Waals surface area contributed by atoms with Crippen LogP contribution in [0, 0.1) is 0 Å². The van der Waals surface area contributed by atoms with Gasteiger partial charge in [-0.05, 0) is 47.2 Å². The molecule has 36 heavy (non-hydrogen) atoms. The Hall–Kier alpha value is -4.57. The van der Waals surface area contributed by atoms with Crippen LogP contribution in [0.5, 0.6) is 0 Å². The van der Waals surface area contributed by atoms with Gasteiger partial charge in [-0.3, -0.25) is 9.69 Å². The highest BCUT2D eigenvalue weighted by atomic mass is 16.6. The van der Waals surface area contributed by atoms with Gasteiger partial charge < -0.3 is 10.6 Å². The number of likely N-dealkylation sites (N-methyl/N-ethyl adjacent to an activating group) is 1. The van der Waals surface area contributed by atoms with Crippen molar-refractivity contribution in [2.75, 3.05) is 39.0 Å². The van der Waals surface area contributed by atoms with Crippen molar-refractivity contribution in [3.63, 3.8) is 0 Å². The Labute approximate surface area is 204 Å². The first-order valence-corrected chi connectivity index (χ1v) is 11.1. The lowest BCUT2D eigenvalue weighted by atomic mass is 10.1. The van der Waals surface area contributed by atoms with E-state index < -0.39 is 5.91 Å². The van der Waals surface area contributed by atoms with Crippen LogP contribution in [0.3, 0.4) is 0 Å². The van der Waals surface area contributed by atoms with Crippen LogP contribution < -0.4 is 11.2 Å². The van der Waals surface area contributed by atoms with Crippen molar-refractivity contribution in [2.45, 2.75) is 13.5 Å². The summed E-state index contributed by atoms with van der Waals surface area (Å²) in [4.78, 5) is 19.0. The smallest absolute Gasteiger partial charge is 0.293 e. The standard InChI is InChI=1S/C20H24N14O2/c1-13(14-4-3-5-15(10-14)34-23-12-22-29-34)24-26-20(35)17-16(11-32-8-6-31(2)7-9-32)33(30-25-17)19-18(21)27-36-28-19/h3-5,10,12H,6-9,11H2,1-2H3,(H2,21,27)(H,26,35)/b24-13+. The Balaban J connectivity index is 1.38. The van der Waals surface area contributed by atoms with Crippen LogP contribution in [0.4, 0.5) is 5.82 Å². The molecule has 186 valence electrons. The summed E-state index contributed by atoms with van der Waals surface area (Å²) in [5, 5.41) is 31.5. The molecule has 1 aliphatic heterocycles. The van der Waals surface area contributed by atoms with Gasteiger partial charge in [-0.1, -0.05) is 17.3 Å². The zero-order valence-corrected chi connectivity index (χ0v) is 19.7. The van der Waals surface area contributed by atoms with E-state index in [-0.39, 0.29) is 17.3 Å². The number of piperazine rings is 1. The maximum absolute atomic E-state index is 13.1. The summed E-state index contributed by atoms with van der Waals surface area (Å²) in [6.45, 7) is 5.64. The molecule has 0 bridgehead atoms. The van der Waals surface area contributed by atoms with Crippen molar-refractivity contribution < 1.29 is 9.42 Å². The lowest BCUT2D eigenvalue weighted by molar-refractivity contribution is 0.0945. The third-order valence-corrected chi connectivity index (χ3v) is 5.81. The summed E-state index contributed by atoms with van der Waals surface area (Å²) in [5.74, 6) is -0.306. The highest BCUT2D eigenvalue weighted by molar-refractivity contribution is 6.01. The number of amides is 1. The van der Waals surface area contributed by atoms with Gasteiger partial charge in [-0.2, -0.15) is 9.78 Å². The molecular weight excluding hydrogens is 468 g/mol. The van der Waals surface area contributed by atoms with Crippen molar-refractivity contribution >= 4 is 17.4 Å². The minimum Gasteiger partial charge on any atom is -0.378 e. The third-order valence-electron chi connectivity index (χ3n) is 5.81. The average molecular weight is 493 g/mol. The van der Waals surface area contributed by atoms with Crippen molar-refractivity contribution in [1.29, 1.82) is 0 Å². The van der Waals surface area contributed by atoms with Crippen LogP contribution >= 0.6 is 0 Å². The number of benzene rings is 1. The van der Waals surface area contributed by atoms with Crippen LogP contribution in [0.2, 0.25) is 0 Å². The van der Waals surface area contributed by atoms with Gasteiger partial charge in [0.25, 0.3) is 5.91 Å². The van der Waals surface area contributed by atoms with Crippen LogP contribution in [0.15, 0.2) is 40.3 Å². The number of carbonyl (C=O) groups excluding carboxylic acids is 1. The number of tetrazole rings is 1. The molecule has 0 saturated carbocycles. The number of nitrogens with zero attached hydrogens (tertiary/aromatic N) is 12. The molecule has 1 saturated heterocycles. The zero-order chi connectivity index (χ0) is 25.1. The van der Waals surface area contributed by atoms with E-state index in [1.54, 1.807) is 6.92 Å². The molecule has 4 aromatic rings. The van der Waals surface area contributed by atoms with Crippen molar-refractivity contribution in [3.05, 3.63) is 47.5 Å². The summed E-state index contributed by atoms with van der Waals surface area (Å²) >= 11 is 0. The molecular formula is C20H24N14O2. The minimum absolute atomic E-state index is 0.0436. The van der Waals surface area contributed by atoms with Gasteiger partial charge in [0.15, 0.2) is 12.0 Å². The molecule has 0 atom stereocenters. The number of nitrogens with two attached hydrogens (primary N) is 1. The molecule has 5 rings (SSSR count). The molecule has 0 unspecified atom stereocenters. The topological polar surface area (TPSA) is 187 Å². The maximum atomic E-state index is 13.1. The molecule has 3 N–H and O–H groups in total. The van der Waals surface area contributed by atoms with Crippen molar-refractivity contribution in [3.8, 4) is 11.5 Å². The Morgan fingerprint density at radius 3 is 2.75 bits per heavy atom. The first-order valence-electron chi connectivity index (χ1n) is 11.1. The van der Waals surface area contributed by atoms with Crippen molar-refractivity contribution in [1.82, 2.24) is 60.7 Å². The Morgan fingerprint density at radius 1 is 1.19 bits per heavy atom. The number of anilines is 1. The van der Waals surface area contributed by atoms with E-state index in [0.29, 0.717) is 23.6 Å². The molecule has 0 radical (unpaired) electrons. The largest absolute Gasteiger partial charge is 0.378 e. The molecule has 0 aliphatic carbocycles. The number of rotatable bonds is 7. The number of hydrogen-bond acceptors (Lipinski definition) is 13. The first-order chi connectivity index (χ1) is 17.5. The first kappa shape index (κ1) is 23.2. The molecule has 1 fully saturated rings. The molecule has 1 amide bonds. The van der Waals surface area contributed by atoms with E-state index in [4.69, 9.17) is 10.4 Å². The van der Waals surface area contributed by atoms with Gasteiger partial charge in [0.2, 0.25) is 11.6 Å². The second-order valence-electron chi connectivity index (χ2n) is 8.26. The Morgan fingerprint density at radius 2 is 2.03 bits per heavy atom. The minimum atomic E-state index is -0.520. The van der Waals surface area contributed by atoms with Gasteiger partial charge in [0.05, 0.1) is 17.1 Å². The van der Waals surface area contributed by atoms with Gasteiger partial charge in [-0.15, -0.1) is 20.1 Å². The summed E-state index contributed by atoms with van der Waals surface area (Å²) in [7, 11) is 2.07. The normalized spacial score (nSPS) is 15.3. The van der Waals surface area contributed by atoms with E-state index in [1.807, 2.05) is 24.3 Å². The second kappa shape index (κ2) is 9.96. The van der Waals surface area contributed by atoms with Gasteiger partial charge in [-0.25, -0.2) is 10.1 Å². The Bertz CT molecular complexity index is 1370. The predicted molar refractivity (Wildman–Crippen MR) is 125 cm³/mol. The summed E-state index contributed by atoms with van der Waals surface area (Å²) in [5.41, 5.74) is 11.1. The summed E-state index contributed by atoms with van der Waals surface area (Å²) in [6.07, 6.45) is 1.35. The van der Waals surface area contributed by atoms with E-state index in [2.05, 4.69) is 63.4 Å². The molecule has 1 aromatic carbocycles. The van der Waals surface area contributed by atoms with E-state index in [9.17, 15) is 4.79 Å². The number of nitrogens with one attached hydrogen (secondary N) is 1. The van der Waals surface area contributed by atoms with Gasteiger partial charge in [0, 0.05) is 32.7 Å². The molecule has 16 nitrogen and oxygen atoms in total. The van der Waals surface area contributed by atoms with Crippen molar-refractivity contribution in [2.24, 2.45) is 5.10 Å². The van der Waals surface area contributed by atoms with Gasteiger partial charge in [0.1, 0.15) is 0 Å². The van der Waals surface area contributed by atoms with Crippen LogP contribution in [-0.4, -0.2) is 100 Å². The maximum Gasteiger partial charge on any atom is 0.293 e. The molecule has 3 aromatic heterocycles. The van der Waals surface area contributed by atoms with E-state index in [0.717, 1.165) is 31.7 Å². The lowest BCUT2D eigenvalue weighted by Crippen LogP contribution is -2.44. The number of aromatic nitrogens is 9. The summed E-state index contributed by atoms with van der Waals surface area (Å²) < 4.78 is 6.10. The molecule has 16 heteroatoms. The van der Waals surface area contributed by atoms with Gasteiger partial charge >= 0.3 is 0 Å². The third kappa shape index (κ3) is 4.80. The Kier molecular flexibility index (Phi) is 6.42. The quantitative estimate of drug-likeness (QED) is 0.240. The molecule has 0 spiro atoms. The second-order valence-corrected chi connectivity index (χ2v) is 8.26. The fraction of sp³-hybridized carbons (Fsp3) is 0.350. The number of hydrazone groups is 1. The monoisotopic (exact) mass is 492 g/mol. The highest BCUT2D eigenvalue weighted by Gasteiger charge is 2.26. The fourth-order valence-corrected chi connectivity index (χ4v) is 3.74. The van der Waals surface area contributed by atoms with Crippen LogP contribution in [0.25, 0.3) is 11.5 Å². The fourth-order valence-electron chi connectivity index (χ4n) is 3.74. The number of carbonyl (C=O) groups is 1. The molecule has 4 heterocycles. The van der Waals surface area contributed by atoms with Crippen LogP contribution in [-0.2, 0) is 6.54 Å². The number of nitrogen functional groups attached to an aromatic ring is 1.